The van der Waals surface area contributed by atoms with E-state index in [0.29, 0.717) is 0 Å². The number of nitrogens with one attached hydrogen (secondary N) is 1. The Balaban J connectivity index is 1.26. The summed E-state index contributed by atoms with van der Waals surface area (Å²) in [5.74, 6) is 2.65. The van der Waals surface area contributed by atoms with Crippen molar-refractivity contribution in [2.24, 2.45) is 5.92 Å². The summed E-state index contributed by atoms with van der Waals surface area (Å²) < 4.78 is 12.2. The quantitative estimate of drug-likeness (QED) is 0.548. The number of aliphatic hydroxyl groups is 1. The van der Waals surface area contributed by atoms with Crippen molar-refractivity contribution < 1.29 is 14.6 Å². The normalized spacial score (nSPS) is 20.9. The van der Waals surface area contributed by atoms with Crippen LogP contribution in [0.1, 0.15) is 51.0 Å². The van der Waals surface area contributed by atoms with Gasteiger partial charge < -0.3 is 19.5 Å². The molecule has 0 bridgehead atoms. The second kappa shape index (κ2) is 10.4. The first-order chi connectivity index (χ1) is 15.1. The van der Waals surface area contributed by atoms with Crippen LogP contribution in [0, 0.1) is 5.92 Å². The number of hydrogen-bond donors (Lipinski definition) is 2. The summed E-state index contributed by atoms with van der Waals surface area (Å²) in [4.78, 5) is 2.38. The maximum Gasteiger partial charge on any atom is 0.119 e. The molecule has 0 aromatic heterocycles. The van der Waals surface area contributed by atoms with Crippen molar-refractivity contribution in [2.45, 2.75) is 57.8 Å². The Bertz CT molecular complexity index is 804. The SMILES string of the molecule is CCNC(O)C(C)c1ccc(O[C@@H]2CCN(c3ccc(OCC4CCC4)cc3)C2)cc1. The zero-order valence-electron chi connectivity index (χ0n) is 18.8. The zero-order chi connectivity index (χ0) is 21.6. The first kappa shape index (κ1) is 22.0. The van der Waals surface area contributed by atoms with Gasteiger partial charge in [0.2, 0.25) is 0 Å². The van der Waals surface area contributed by atoms with Crippen molar-refractivity contribution in [3.8, 4) is 11.5 Å². The molecule has 3 atom stereocenters. The molecular weight excluding hydrogens is 388 g/mol. The molecule has 2 unspecified atom stereocenters. The zero-order valence-corrected chi connectivity index (χ0v) is 18.8. The minimum absolute atomic E-state index is 0.0386. The van der Waals surface area contributed by atoms with Gasteiger partial charge in [0, 0.05) is 24.6 Å². The summed E-state index contributed by atoms with van der Waals surface area (Å²) in [6.07, 6.45) is 4.64. The van der Waals surface area contributed by atoms with E-state index in [4.69, 9.17) is 9.47 Å². The summed E-state index contributed by atoms with van der Waals surface area (Å²) in [6.45, 7) is 7.51. The number of nitrogens with zero attached hydrogens (tertiary/aromatic N) is 1. The fourth-order valence-electron chi connectivity index (χ4n) is 4.30. The van der Waals surface area contributed by atoms with Gasteiger partial charge in [0.05, 0.1) is 13.2 Å². The van der Waals surface area contributed by atoms with Crippen LogP contribution in [0.5, 0.6) is 11.5 Å². The Labute approximate surface area is 186 Å². The average molecular weight is 425 g/mol. The molecule has 0 spiro atoms. The van der Waals surface area contributed by atoms with E-state index in [1.807, 2.05) is 26.0 Å². The van der Waals surface area contributed by atoms with Gasteiger partial charge in [-0.05, 0) is 67.3 Å². The van der Waals surface area contributed by atoms with Crippen molar-refractivity contribution >= 4 is 5.69 Å². The van der Waals surface area contributed by atoms with Gasteiger partial charge in [-0.1, -0.05) is 32.4 Å². The van der Waals surface area contributed by atoms with E-state index in [1.165, 1.54) is 24.9 Å². The third kappa shape index (κ3) is 5.72. The third-order valence-corrected chi connectivity index (χ3v) is 6.65. The van der Waals surface area contributed by atoms with Gasteiger partial charge in [-0.15, -0.1) is 0 Å². The molecule has 0 radical (unpaired) electrons. The second-order valence-electron chi connectivity index (χ2n) is 8.94. The van der Waals surface area contributed by atoms with E-state index in [2.05, 4.69) is 46.6 Å². The van der Waals surface area contributed by atoms with Crippen LogP contribution in [0.4, 0.5) is 5.69 Å². The van der Waals surface area contributed by atoms with Crippen molar-refractivity contribution in [3.63, 3.8) is 0 Å². The number of likely N-dealkylation sites (N-methyl/N-ethyl adjacent to an activating group) is 1. The Morgan fingerprint density at radius 1 is 1.03 bits per heavy atom. The molecule has 1 saturated heterocycles. The Kier molecular flexibility index (Phi) is 7.36. The van der Waals surface area contributed by atoms with Crippen LogP contribution in [0.15, 0.2) is 48.5 Å². The van der Waals surface area contributed by atoms with Gasteiger partial charge in [-0.25, -0.2) is 0 Å². The van der Waals surface area contributed by atoms with Gasteiger partial charge in [-0.2, -0.15) is 0 Å². The minimum atomic E-state index is -0.532. The molecule has 2 N–H and O–H groups in total. The van der Waals surface area contributed by atoms with Crippen molar-refractivity contribution in [2.75, 3.05) is 31.1 Å². The van der Waals surface area contributed by atoms with Crippen molar-refractivity contribution in [3.05, 3.63) is 54.1 Å². The van der Waals surface area contributed by atoms with Crippen LogP contribution in [0.3, 0.4) is 0 Å². The molecule has 1 aliphatic heterocycles. The first-order valence-electron chi connectivity index (χ1n) is 11.8. The highest BCUT2D eigenvalue weighted by molar-refractivity contribution is 5.50. The van der Waals surface area contributed by atoms with Crippen molar-refractivity contribution in [1.82, 2.24) is 5.32 Å². The average Bonchev–Trinajstić information content (AvgIpc) is 3.22. The lowest BCUT2D eigenvalue weighted by Crippen LogP contribution is -2.33. The highest BCUT2D eigenvalue weighted by atomic mass is 16.5. The lowest BCUT2D eigenvalue weighted by Gasteiger charge is -2.25. The molecule has 2 aromatic carbocycles. The number of anilines is 1. The molecule has 31 heavy (non-hydrogen) atoms. The highest BCUT2D eigenvalue weighted by Gasteiger charge is 2.25. The van der Waals surface area contributed by atoms with Gasteiger partial charge in [-0.3, -0.25) is 5.32 Å². The number of aliphatic hydroxyl groups excluding tert-OH is 1. The molecule has 5 nitrogen and oxygen atoms in total. The fourth-order valence-corrected chi connectivity index (χ4v) is 4.30. The topological polar surface area (TPSA) is 54.0 Å². The third-order valence-electron chi connectivity index (χ3n) is 6.65. The lowest BCUT2D eigenvalue weighted by molar-refractivity contribution is 0.115. The molecule has 5 heteroatoms. The molecule has 2 aliphatic rings. The number of benzene rings is 2. The van der Waals surface area contributed by atoms with Crippen LogP contribution >= 0.6 is 0 Å². The molecule has 168 valence electrons. The van der Waals surface area contributed by atoms with Gasteiger partial charge in [0.1, 0.15) is 23.8 Å². The Morgan fingerprint density at radius 2 is 1.74 bits per heavy atom. The Hall–Kier alpha value is -2.24. The van der Waals surface area contributed by atoms with E-state index in [-0.39, 0.29) is 12.0 Å². The van der Waals surface area contributed by atoms with Gasteiger partial charge in [0.15, 0.2) is 0 Å². The van der Waals surface area contributed by atoms with Crippen LogP contribution < -0.4 is 19.7 Å². The van der Waals surface area contributed by atoms with E-state index >= 15 is 0 Å². The first-order valence-corrected chi connectivity index (χ1v) is 11.8. The van der Waals surface area contributed by atoms with E-state index < -0.39 is 6.23 Å². The maximum atomic E-state index is 10.1. The molecule has 2 fully saturated rings. The van der Waals surface area contributed by atoms with Crippen LogP contribution in [-0.2, 0) is 0 Å². The summed E-state index contributed by atoms with van der Waals surface area (Å²) in [6, 6.07) is 16.6. The van der Waals surface area contributed by atoms with Gasteiger partial charge in [0.25, 0.3) is 0 Å². The predicted molar refractivity (Wildman–Crippen MR) is 125 cm³/mol. The monoisotopic (exact) mass is 424 g/mol. The number of rotatable bonds is 10. The molecule has 1 aliphatic carbocycles. The summed E-state index contributed by atoms with van der Waals surface area (Å²) in [7, 11) is 0. The maximum absolute atomic E-state index is 10.1. The number of hydrogen-bond acceptors (Lipinski definition) is 5. The van der Waals surface area contributed by atoms with E-state index in [0.717, 1.165) is 55.6 Å². The summed E-state index contributed by atoms with van der Waals surface area (Å²) >= 11 is 0. The van der Waals surface area contributed by atoms with E-state index in [9.17, 15) is 5.11 Å². The number of ether oxygens (including phenoxy) is 2. The molecule has 1 heterocycles. The highest BCUT2D eigenvalue weighted by Crippen LogP contribution is 2.29. The standard InChI is InChI=1S/C26H36N2O3/c1-3-27-26(29)19(2)21-7-11-24(12-8-21)31-25-15-16-28(17-25)22-9-13-23(14-10-22)30-18-20-5-4-6-20/h7-14,19-20,25-27,29H,3-6,15-18H2,1-2H3/t19?,25-,26?/m1/s1. The molecule has 4 rings (SSSR count). The minimum Gasteiger partial charge on any atom is -0.493 e. The summed E-state index contributed by atoms with van der Waals surface area (Å²) in [5, 5.41) is 13.2. The van der Waals surface area contributed by atoms with Crippen LogP contribution in [-0.4, -0.2) is 43.7 Å². The van der Waals surface area contributed by atoms with E-state index in [1.54, 1.807) is 0 Å². The predicted octanol–water partition coefficient (Wildman–Crippen LogP) is 4.55. The van der Waals surface area contributed by atoms with Crippen LogP contribution in [0.2, 0.25) is 0 Å². The Morgan fingerprint density at radius 3 is 2.39 bits per heavy atom. The molecule has 0 amide bonds. The second-order valence-corrected chi connectivity index (χ2v) is 8.94. The van der Waals surface area contributed by atoms with Crippen molar-refractivity contribution in [1.29, 1.82) is 0 Å². The van der Waals surface area contributed by atoms with Crippen LogP contribution in [0.25, 0.3) is 0 Å². The smallest absolute Gasteiger partial charge is 0.119 e. The lowest BCUT2D eigenvalue weighted by atomic mass is 9.86. The van der Waals surface area contributed by atoms with Gasteiger partial charge >= 0.3 is 0 Å². The molecule has 2 aromatic rings. The molecular formula is C26H36N2O3. The summed E-state index contributed by atoms with van der Waals surface area (Å²) in [5.41, 5.74) is 2.33. The fraction of sp³-hybridized carbons (Fsp3) is 0.538. The molecule has 1 saturated carbocycles. The largest absolute Gasteiger partial charge is 0.493 e.